The molecular formula is C25H37F3N2O3S. The number of nitrogens with zero attached hydrogens (tertiary/aromatic N) is 1. The number of benzene rings is 1. The minimum absolute atomic E-state index is 0.130. The lowest BCUT2D eigenvalue weighted by Crippen LogP contribution is -2.40. The Morgan fingerprint density at radius 3 is 2.18 bits per heavy atom. The number of amides is 1. The summed E-state index contributed by atoms with van der Waals surface area (Å²) in [5.74, 6) is 0.684. The summed E-state index contributed by atoms with van der Waals surface area (Å²) in [5, 5.41) is 21.6. The van der Waals surface area contributed by atoms with E-state index in [1.165, 1.54) is 38.3 Å². The van der Waals surface area contributed by atoms with Crippen molar-refractivity contribution in [3.05, 3.63) is 29.3 Å². The largest absolute Gasteiger partial charge is 0.616 e. The number of anilines is 1. The molecule has 0 aliphatic heterocycles. The molecule has 0 radical (unpaired) electrons. The van der Waals surface area contributed by atoms with Crippen LogP contribution in [-0.2, 0) is 22.1 Å². The number of nitriles is 1. The zero-order chi connectivity index (χ0) is 25.6. The van der Waals surface area contributed by atoms with Crippen LogP contribution in [-0.4, -0.2) is 32.7 Å². The quantitative estimate of drug-likeness (QED) is 0.204. The molecule has 2 atom stereocenters. The summed E-state index contributed by atoms with van der Waals surface area (Å²) in [7, 11) is 0. The second-order valence-electron chi connectivity index (χ2n) is 8.88. The summed E-state index contributed by atoms with van der Waals surface area (Å²) in [6.07, 6.45) is 5.34. The maximum absolute atomic E-state index is 13.1. The summed E-state index contributed by atoms with van der Waals surface area (Å²) in [4.78, 5) is 12.4. The van der Waals surface area contributed by atoms with Gasteiger partial charge in [0, 0.05) is 5.69 Å². The maximum Gasteiger partial charge on any atom is 0.417 e. The molecule has 1 aromatic rings. The van der Waals surface area contributed by atoms with E-state index in [0.717, 1.165) is 50.3 Å². The van der Waals surface area contributed by atoms with Gasteiger partial charge in [-0.3, -0.25) is 4.79 Å². The Morgan fingerprint density at radius 2 is 1.62 bits per heavy atom. The lowest BCUT2D eigenvalue weighted by Gasteiger charge is -2.22. The van der Waals surface area contributed by atoms with Crippen LogP contribution in [0.25, 0.3) is 0 Å². The predicted molar refractivity (Wildman–Crippen MR) is 130 cm³/mol. The second kappa shape index (κ2) is 15.3. The highest BCUT2D eigenvalue weighted by Gasteiger charge is 2.35. The number of alkyl halides is 3. The first-order valence-corrected chi connectivity index (χ1v) is 13.5. The van der Waals surface area contributed by atoms with Crippen molar-refractivity contribution in [2.75, 3.05) is 16.8 Å². The molecule has 0 fully saturated rings. The number of rotatable bonds is 16. The van der Waals surface area contributed by atoms with Crippen LogP contribution in [0.5, 0.6) is 0 Å². The minimum Gasteiger partial charge on any atom is -0.616 e. The molecular weight excluding hydrogens is 465 g/mol. The lowest BCUT2D eigenvalue weighted by molar-refractivity contribution is -0.138. The monoisotopic (exact) mass is 502 g/mol. The van der Waals surface area contributed by atoms with E-state index in [2.05, 4.69) is 12.2 Å². The average molecular weight is 503 g/mol. The Balaban J connectivity index is 2.32. The van der Waals surface area contributed by atoms with E-state index in [0.29, 0.717) is 18.2 Å². The van der Waals surface area contributed by atoms with Crippen molar-refractivity contribution in [1.29, 1.82) is 5.26 Å². The molecule has 1 aromatic carbocycles. The Bertz CT molecular complexity index is 795. The van der Waals surface area contributed by atoms with Crippen LogP contribution in [0.2, 0.25) is 0 Å². The topological polar surface area (TPSA) is 96.2 Å². The number of halogens is 3. The number of nitrogens with one attached hydrogen (secondary N) is 1. The number of unbranched alkanes of at least 4 members (excludes halogenated alkanes) is 8. The molecule has 34 heavy (non-hydrogen) atoms. The first-order valence-electron chi connectivity index (χ1n) is 12.0. The molecule has 0 saturated heterocycles. The number of hydrogen-bond acceptors (Lipinski definition) is 4. The van der Waals surface area contributed by atoms with Crippen molar-refractivity contribution in [2.45, 2.75) is 96.3 Å². The van der Waals surface area contributed by atoms with E-state index < -0.39 is 40.0 Å². The van der Waals surface area contributed by atoms with E-state index in [1.54, 1.807) is 0 Å². The van der Waals surface area contributed by atoms with Gasteiger partial charge in [0.25, 0.3) is 5.91 Å². The van der Waals surface area contributed by atoms with Gasteiger partial charge in [0.05, 0.1) is 17.2 Å². The Labute approximate surface area is 204 Å². The highest BCUT2D eigenvalue weighted by molar-refractivity contribution is 7.91. The summed E-state index contributed by atoms with van der Waals surface area (Å²) in [5.41, 5.74) is -3.53. The molecule has 1 rings (SSSR count). The van der Waals surface area contributed by atoms with Crippen LogP contribution >= 0.6 is 0 Å². The molecule has 0 spiro atoms. The number of carbonyl (C=O) groups is 1. The SMILES string of the molecule is CCCCCCC[S+]([O-])CCCCCCCC(C)(O)C(=O)Nc1ccc(C#N)c(C(F)(F)F)c1. The van der Waals surface area contributed by atoms with Crippen LogP contribution in [0.3, 0.4) is 0 Å². The second-order valence-corrected chi connectivity index (χ2v) is 10.6. The fraction of sp³-hybridized carbons (Fsp3) is 0.680. The van der Waals surface area contributed by atoms with Crippen LogP contribution in [0.15, 0.2) is 18.2 Å². The number of aliphatic hydroxyl groups is 1. The van der Waals surface area contributed by atoms with Crippen molar-refractivity contribution in [3.63, 3.8) is 0 Å². The Kier molecular flexibility index (Phi) is 13.6. The Hall–Kier alpha value is -1.76. The molecule has 192 valence electrons. The predicted octanol–water partition coefficient (Wildman–Crippen LogP) is 6.33. The highest BCUT2D eigenvalue weighted by atomic mass is 32.2. The van der Waals surface area contributed by atoms with Gasteiger partial charge in [-0.1, -0.05) is 56.6 Å². The first-order chi connectivity index (χ1) is 16.0. The van der Waals surface area contributed by atoms with Crippen molar-refractivity contribution < 1.29 is 27.6 Å². The van der Waals surface area contributed by atoms with Crippen molar-refractivity contribution >= 4 is 22.8 Å². The smallest absolute Gasteiger partial charge is 0.417 e. The molecule has 2 unspecified atom stereocenters. The third-order valence-electron chi connectivity index (χ3n) is 5.70. The lowest BCUT2D eigenvalue weighted by atomic mass is 9.96. The van der Waals surface area contributed by atoms with E-state index in [9.17, 15) is 27.6 Å². The molecule has 0 aliphatic carbocycles. The number of hydrogen-bond donors (Lipinski definition) is 2. The molecule has 0 aromatic heterocycles. The molecule has 1 amide bonds. The Morgan fingerprint density at radius 1 is 1.06 bits per heavy atom. The van der Waals surface area contributed by atoms with E-state index in [-0.39, 0.29) is 12.1 Å². The van der Waals surface area contributed by atoms with Gasteiger partial charge >= 0.3 is 6.18 Å². The summed E-state index contributed by atoms with van der Waals surface area (Å²) < 4.78 is 51.3. The normalized spacial score (nSPS) is 14.3. The van der Waals surface area contributed by atoms with E-state index in [4.69, 9.17) is 5.26 Å². The van der Waals surface area contributed by atoms with Gasteiger partial charge in [-0.05, 0) is 57.2 Å². The molecule has 2 N–H and O–H groups in total. The van der Waals surface area contributed by atoms with Crippen molar-refractivity contribution in [1.82, 2.24) is 0 Å². The van der Waals surface area contributed by atoms with Gasteiger partial charge in [-0.2, -0.15) is 18.4 Å². The van der Waals surface area contributed by atoms with Gasteiger partial charge in [0.2, 0.25) is 0 Å². The molecule has 5 nitrogen and oxygen atoms in total. The van der Waals surface area contributed by atoms with Gasteiger partial charge in [0.1, 0.15) is 17.1 Å². The van der Waals surface area contributed by atoms with E-state index in [1.807, 2.05) is 0 Å². The first kappa shape index (κ1) is 30.3. The van der Waals surface area contributed by atoms with Crippen LogP contribution in [0.4, 0.5) is 18.9 Å². The van der Waals surface area contributed by atoms with Gasteiger partial charge in [0.15, 0.2) is 0 Å². The van der Waals surface area contributed by atoms with Gasteiger partial charge < -0.3 is 15.0 Å². The summed E-state index contributed by atoms with van der Waals surface area (Å²) in [6.45, 7) is 3.50. The third-order valence-corrected chi connectivity index (χ3v) is 7.19. The molecule has 0 saturated carbocycles. The zero-order valence-electron chi connectivity index (χ0n) is 20.2. The standard InChI is InChI=1S/C25H37F3N2O3S/c1-3-4-5-8-11-16-34(33)17-12-9-6-7-10-15-24(2,32)23(31)30-21-14-13-20(19-29)22(18-21)25(26,27)28/h13-14,18,32H,3-12,15-17H2,1-2H3,(H,30,31). The summed E-state index contributed by atoms with van der Waals surface area (Å²) in [6, 6.07) is 4.38. The van der Waals surface area contributed by atoms with Crippen LogP contribution in [0.1, 0.15) is 95.6 Å². The highest BCUT2D eigenvalue weighted by Crippen LogP contribution is 2.33. The van der Waals surface area contributed by atoms with Gasteiger partial charge in [-0.25, -0.2) is 0 Å². The van der Waals surface area contributed by atoms with Crippen molar-refractivity contribution in [2.24, 2.45) is 0 Å². The fourth-order valence-electron chi connectivity index (χ4n) is 3.56. The minimum atomic E-state index is -4.73. The van der Waals surface area contributed by atoms with Crippen LogP contribution in [0, 0.1) is 11.3 Å². The van der Waals surface area contributed by atoms with Crippen molar-refractivity contribution in [3.8, 4) is 6.07 Å². The third kappa shape index (κ3) is 11.6. The zero-order valence-corrected chi connectivity index (χ0v) is 21.0. The molecule has 9 heteroatoms. The maximum atomic E-state index is 13.1. The molecule has 0 aliphatic rings. The van der Waals surface area contributed by atoms with Crippen LogP contribution < -0.4 is 5.32 Å². The van der Waals surface area contributed by atoms with E-state index >= 15 is 0 Å². The molecule has 0 bridgehead atoms. The fourth-order valence-corrected chi connectivity index (χ4v) is 4.82. The molecule has 0 heterocycles. The summed E-state index contributed by atoms with van der Waals surface area (Å²) >= 11 is -0.763. The number of carbonyl (C=O) groups excluding carboxylic acids is 1. The van der Waals surface area contributed by atoms with Gasteiger partial charge in [-0.15, -0.1) is 0 Å². The average Bonchev–Trinajstić information content (AvgIpc) is 2.77.